The summed E-state index contributed by atoms with van der Waals surface area (Å²) in [6.45, 7) is 9.02. The van der Waals surface area contributed by atoms with Gasteiger partial charge in [0.15, 0.2) is 0 Å². The molecule has 1 N–H and O–H groups in total. The topological polar surface area (TPSA) is 32.7 Å². The molecule has 1 rings (SSSR count). The third kappa shape index (κ3) is 5.52. The molecule has 0 aliphatic heterocycles. The van der Waals surface area contributed by atoms with Crippen LogP contribution in [0, 0.1) is 0 Å². The van der Waals surface area contributed by atoms with E-state index in [0.717, 1.165) is 31.8 Å². The summed E-state index contributed by atoms with van der Waals surface area (Å²) >= 11 is 0. The minimum Gasteiger partial charge on any atom is -0.491 e. The van der Waals surface area contributed by atoms with Gasteiger partial charge in [0, 0.05) is 13.1 Å². The summed E-state index contributed by atoms with van der Waals surface area (Å²) in [7, 11) is 0. The number of ether oxygens (including phenoxy) is 1. The van der Waals surface area contributed by atoms with Gasteiger partial charge in [0.1, 0.15) is 5.75 Å². The first-order chi connectivity index (χ1) is 8.65. The van der Waals surface area contributed by atoms with Crippen molar-refractivity contribution < 1.29 is 9.84 Å². The van der Waals surface area contributed by atoms with E-state index in [1.807, 2.05) is 26.0 Å². The molecular formula is C15H25NO2. The molecule has 3 heteroatoms. The van der Waals surface area contributed by atoms with E-state index in [1.165, 1.54) is 5.56 Å². The fraction of sp³-hybridized carbons (Fsp3) is 0.600. The van der Waals surface area contributed by atoms with Gasteiger partial charge in [-0.25, -0.2) is 0 Å². The van der Waals surface area contributed by atoms with Crippen LogP contribution < -0.4 is 4.74 Å². The largest absolute Gasteiger partial charge is 0.491 e. The molecule has 0 aliphatic rings. The van der Waals surface area contributed by atoms with Gasteiger partial charge >= 0.3 is 0 Å². The molecule has 0 fully saturated rings. The highest BCUT2D eigenvalue weighted by molar-refractivity contribution is 5.28. The van der Waals surface area contributed by atoms with Crippen LogP contribution in [0.5, 0.6) is 5.75 Å². The van der Waals surface area contributed by atoms with E-state index >= 15 is 0 Å². The molecule has 0 saturated carbocycles. The molecule has 0 aliphatic carbocycles. The van der Waals surface area contributed by atoms with Crippen molar-refractivity contribution in [3.05, 3.63) is 29.8 Å². The highest BCUT2D eigenvalue weighted by Gasteiger charge is 2.05. The Hall–Kier alpha value is -1.06. The van der Waals surface area contributed by atoms with Gasteiger partial charge in [-0.05, 0) is 44.5 Å². The van der Waals surface area contributed by atoms with E-state index in [9.17, 15) is 0 Å². The van der Waals surface area contributed by atoms with E-state index in [1.54, 1.807) is 0 Å². The Morgan fingerprint density at radius 3 is 2.67 bits per heavy atom. The zero-order valence-corrected chi connectivity index (χ0v) is 11.7. The minimum atomic E-state index is 0.199. The predicted molar refractivity (Wildman–Crippen MR) is 74.9 cm³/mol. The highest BCUT2D eigenvalue weighted by Crippen LogP contribution is 2.16. The quantitative estimate of drug-likeness (QED) is 0.771. The van der Waals surface area contributed by atoms with Gasteiger partial charge in [0.2, 0.25) is 0 Å². The Morgan fingerprint density at radius 1 is 1.28 bits per heavy atom. The summed E-state index contributed by atoms with van der Waals surface area (Å²) in [6.07, 6.45) is 1.30. The second kappa shape index (κ2) is 8.11. The van der Waals surface area contributed by atoms with Gasteiger partial charge in [0.05, 0.1) is 12.7 Å². The van der Waals surface area contributed by atoms with Crippen molar-refractivity contribution in [2.45, 2.75) is 39.8 Å². The second-order valence-electron chi connectivity index (χ2n) is 4.81. The van der Waals surface area contributed by atoms with Gasteiger partial charge in [-0.1, -0.05) is 19.1 Å². The molecule has 0 aromatic heterocycles. The fourth-order valence-corrected chi connectivity index (χ4v) is 1.98. The summed E-state index contributed by atoms with van der Waals surface area (Å²) < 4.78 is 5.69. The van der Waals surface area contributed by atoms with Crippen LogP contribution in [-0.4, -0.2) is 35.8 Å². The van der Waals surface area contributed by atoms with Crippen LogP contribution in [0.2, 0.25) is 0 Å². The Bertz CT molecular complexity index is 333. The van der Waals surface area contributed by atoms with Crippen LogP contribution in [0.3, 0.4) is 0 Å². The first-order valence-electron chi connectivity index (χ1n) is 6.74. The lowest BCUT2D eigenvalue weighted by Gasteiger charge is -2.21. The molecule has 0 spiro atoms. The molecule has 18 heavy (non-hydrogen) atoms. The smallest absolute Gasteiger partial charge is 0.120 e. The van der Waals surface area contributed by atoms with Gasteiger partial charge in [0.25, 0.3) is 0 Å². The number of rotatable bonds is 8. The molecule has 0 atom stereocenters. The van der Waals surface area contributed by atoms with Gasteiger partial charge < -0.3 is 9.84 Å². The van der Waals surface area contributed by atoms with E-state index in [0.29, 0.717) is 0 Å². The van der Waals surface area contributed by atoms with Crippen LogP contribution in [-0.2, 0) is 6.54 Å². The van der Waals surface area contributed by atoms with Crippen molar-refractivity contribution >= 4 is 0 Å². The van der Waals surface area contributed by atoms with Crippen LogP contribution >= 0.6 is 0 Å². The van der Waals surface area contributed by atoms with E-state index in [4.69, 9.17) is 9.84 Å². The molecule has 102 valence electrons. The maximum Gasteiger partial charge on any atom is 0.120 e. The van der Waals surface area contributed by atoms with Crippen molar-refractivity contribution in [1.82, 2.24) is 4.90 Å². The zero-order chi connectivity index (χ0) is 13.4. The van der Waals surface area contributed by atoms with E-state index in [-0.39, 0.29) is 12.7 Å². The Morgan fingerprint density at radius 2 is 2.06 bits per heavy atom. The third-order valence-corrected chi connectivity index (χ3v) is 2.63. The monoisotopic (exact) mass is 251 g/mol. The normalized spacial score (nSPS) is 11.2. The Balaban J connectivity index is 2.64. The number of nitrogens with zero attached hydrogens (tertiary/aromatic N) is 1. The summed E-state index contributed by atoms with van der Waals surface area (Å²) in [5, 5.41) is 9.05. The van der Waals surface area contributed by atoms with Crippen molar-refractivity contribution in [2.75, 3.05) is 19.7 Å². The van der Waals surface area contributed by atoms with Gasteiger partial charge in [-0.2, -0.15) is 0 Å². The molecular weight excluding hydrogens is 226 g/mol. The van der Waals surface area contributed by atoms with Crippen molar-refractivity contribution in [1.29, 1.82) is 0 Å². The molecule has 0 amide bonds. The SMILES string of the molecule is CCCN(CCO)Cc1cccc(OC(C)C)c1. The molecule has 0 radical (unpaired) electrons. The van der Waals surface area contributed by atoms with Gasteiger partial charge in [-0.15, -0.1) is 0 Å². The number of hydrogen-bond acceptors (Lipinski definition) is 3. The second-order valence-corrected chi connectivity index (χ2v) is 4.81. The van der Waals surface area contributed by atoms with Crippen molar-refractivity contribution in [3.8, 4) is 5.75 Å². The first kappa shape index (κ1) is 15.0. The lowest BCUT2D eigenvalue weighted by molar-refractivity contribution is 0.190. The number of hydrogen-bond donors (Lipinski definition) is 1. The standard InChI is InChI=1S/C15H25NO2/c1-4-8-16(9-10-17)12-14-6-5-7-15(11-14)18-13(2)3/h5-7,11,13,17H,4,8-10,12H2,1-3H3. The van der Waals surface area contributed by atoms with E-state index in [2.05, 4.69) is 24.0 Å². The maximum absolute atomic E-state index is 9.05. The maximum atomic E-state index is 9.05. The van der Waals surface area contributed by atoms with Crippen LogP contribution in [0.15, 0.2) is 24.3 Å². The number of aliphatic hydroxyl groups excluding tert-OH is 1. The molecule has 1 aromatic rings. The third-order valence-electron chi connectivity index (χ3n) is 2.63. The Labute approximate surface area is 110 Å². The summed E-state index contributed by atoms with van der Waals surface area (Å²) in [5.41, 5.74) is 1.23. The average Bonchev–Trinajstić information content (AvgIpc) is 2.29. The minimum absolute atomic E-state index is 0.199. The lowest BCUT2D eigenvalue weighted by atomic mass is 10.2. The van der Waals surface area contributed by atoms with E-state index < -0.39 is 0 Å². The number of benzene rings is 1. The van der Waals surface area contributed by atoms with Crippen LogP contribution in [0.25, 0.3) is 0 Å². The van der Waals surface area contributed by atoms with Crippen molar-refractivity contribution in [3.63, 3.8) is 0 Å². The molecule has 0 unspecified atom stereocenters. The highest BCUT2D eigenvalue weighted by atomic mass is 16.5. The van der Waals surface area contributed by atoms with Gasteiger partial charge in [-0.3, -0.25) is 4.90 Å². The summed E-state index contributed by atoms with van der Waals surface area (Å²) in [4.78, 5) is 2.26. The number of aliphatic hydroxyl groups is 1. The molecule has 0 bridgehead atoms. The molecule has 0 heterocycles. The predicted octanol–water partition coefficient (Wildman–Crippen LogP) is 2.68. The Kier molecular flexibility index (Phi) is 6.76. The molecule has 0 saturated heterocycles. The van der Waals surface area contributed by atoms with Crippen molar-refractivity contribution in [2.24, 2.45) is 0 Å². The fourth-order valence-electron chi connectivity index (χ4n) is 1.98. The van der Waals surface area contributed by atoms with Crippen LogP contribution in [0.1, 0.15) is 32.8 Å². The summed E-state index contributed by atoms with van der Waals surface area (Å²) in [6, 6.07) is 8.20. The summed E-state index contributed by atoms with van der Waals surface area (Å²) in [5.74, 6) is 0.919. The zero-order valence-electron chi connectivity index (χ0n) is 11.7. The first-order valence-corrected chi connectivity index (χ1v) is 6.74. The molecule has 3 nitrogen and oxygen atoms in total. The average molecular weight is 251 g/mol. The molecule has 1 aromatic carbocycles. The lowest BCUT2D eigenvalue weighted by Crippen LogP contribution is -2.27. The van der Waals surface area contributed by atoms with Crippen LogP contribution in [0.4, 0.5) is 0 Å².